The molecule has 4 N–H and O–H groups in total. The van der Waals surface area contributed by atoms with E-state index in [1.807, 2.05) is 18.2 Å². The first-order valence-corrected chi connectivity index (χ1v) is 11.7. The molecule has 0 saturated heterocycles. The lowest BCUT2D eigenvalue weighted by Crippen LogP contribution is -2.23. The molecule has 0 aliphatic carbocycles. The van der Waals surface area contributed by atoms with Crippen molar-refractivity contribution in [3.8, 4) is 11.5 Å². The van der Waals surface area contributed by atoms with Crippen LogP contribution in [-0.4, -0.2) is 35.4 Å². The van der Waals surface area contributed by atoms with Crippen LogP contribution in [0.25, 0.3) is 0 Å². The standard InChI is InChI=1S/C18H28O3S.C3H10N2/c1-3-4-5-6-7-8-11-22(19)15(2)12-16-9-10-17-18(13-16)21-14-20-17;4-2-1-3-5/h9-10,13,15H,3-8,11-12,14H2,1-2H3;1-5H2. The molecule has 0 spiro atoms. The van der Waals surface area contributed by atoms with Crippen molar-refractivity contribution in [2.24, 2.45) is 11.5 Å². The van der Waals surface area contributed by atoms with Crippen LogP contribution in [0.2, 0.25) is 0 Å². The van der Waals surface area contributed by atoms with Gasteiger partial charge in [0.05, 0.1) is 0 Å². The van der Waals surface area contributed by atoms with Gasteiger partial charge >= 0.3 is 0 Å². The van der Waals surface area contributed by atoms with Crippen molar-refractivity contribution >= 4 is 11.2 Å². The molecule has 0 aromatic heterocycles. The monoisotopic (exact) mass is 398 g/mol. The Morgan fingerprint density at radius 2 is 1.67 bits per heavy atom. The Morgan fingerprint density at radius 1 is 1.00 bits per heavy atom. The van der Waals surface area contributed by atoms with Crippen LogP contribution in [0.15, 0.2) is 18.2 Å². The van der Waals surface area contributed by atoms with Gasteiger partial charge in [-0.15, -0.1) is 0 Å². The first-order chi connectivity index (χ1) is 13.1. The van der Waals surface area contributed by atoms with Gasteiger partial charge in [0, 0.05) is 6.42 Å². The summed E-state index contributed by atoms with van der Waals surface area (Å²) in [5.41, 5.74) is 11.3. The lowest BCUT2D eigenvalue weighted by Gasteiger charge is -2.18. The maximum atomic E-state index is 12.3. The van der Waals surface area contributed by atoms with Crippen molar-refractivity contribution in [2.45, 2.75) is 70.5 Å². The summed E-state index contributed by atoms with van der Waals surface area (Å²) in [5, 5.41) is 0.191. The molecule has 1 aliphatic rings. The third-order valence-electron chi connectivity index (χ3n) is 4.52. The Kier molecular flexibility index (Phi) is 13.4. The molecule has 0 saturated carbocycles. The van der Waals surface area contributed by atoms with Crippen LogP contribution in [0, 0.1) is 0 Å². The van der Waals surface area contributed by atoms with E-state index in [9.17, 15) is 4.55 Å². The highest BCUT2D eigenvalue weighted by Gasteiger charge is 2.19. The van der Waals surface area contributed by atoms with Gasteiger partial charge < -0.3 is 25.5 Å². The highest BCUT2D eigenvalue weighted by Crippen LogP contribution is 2.33. The van der Waals surface area contributed by atoms with E-state index in [0.29, 0.717) is 6.79 Å². The van der Waals surface area contributed by atoms with Gasteiger partial charge in [-0.3, -0.25) is 0 Å². The smallest absolute Gasteiger partial charge is 0.231 e. The van der Waals surface area contributed by atoms with Crippen molar-refractivity contribution < 1.29 is 14.0 Å². The van der Waals surface area contributed by atoms with Gasteiger partial charge in [0.2, 0.25) is 6.79 Å². The summed E-state index contributed by atoms with van der Waals surface area (Å²) < 4.78 is 23.0. The van der Waals surface area contributed by atoms with Gasteiger partial charge in [-0.1, -0.05) is 49.8 Å². The molecule has 156 valence electrons. The van der Waals surface area contributed by atoms with Gasteiger partial charge in [-0.25, -0.2) is 0 Å². The number of rotatable bonds is 12. The predicted octanol–water partition coefficient (Wildman–Crippen LogP) is 3.75. The highest BCUT2D eigenvalue weighted by atomic mass is 32.2. The van der Waals surface area contributed by atoms with Gasteiger partial charge in [0.1, 0.15) is 11.0 Å². The molecule has 0 bridgehead atoms. The molecule has 5 nitrogen and oxygen atoms in total. The van der Waals surface area contributed by atoms with E-state index in [1.165, 1.54) is 37.7 Å². The van der Waals surface area contributed by atoms with Crippen LogP contribution < -0.4 is 20.9 Å². The lowest BCUT2D eigenvalue weighted by molar-refractivity contribution is 0.174. The van der Waals surface area contributed by atoms with Crippen molar-refractivity contribution in [3.05, 3.63) is 23.8 Å². The van der Waals surface area contributed by atoms with Crippen LogP contribution in [-0.2, 0) is 17.6 Å². The minimum Gasteiger partial charge on any atom is -0.616 e. The van der Waals surface area contributed by atoms with Crippen LogP contribution in [0.4, 0.5) is 0 Å². The molecular weight excluding hydrogens is 360 g/mol. The number of benzene rings is 1. The average Bonchev–Trinajstić information content (AvgIpc) is 3.13. The van der Waals surface area contributed by atoms with E-state index in [0.717, 1.165) is 49.6 Å². The third-order valence-corrected chi connectivity index (χ3v) is 6.27. The summed E-state index contributed by atoms with van der Waals surface area (Å²) in [6, 6.07) is 6.01. The van der Waals surface area contributed by atoms with Crippen molar-refractivity contribution in [1.29, 1.82) is 0 Å². The summed E-state index contributed by atoms with van der Waals surface area (Å²) in [6.07, 6.45) is 9.27. The van der Waals surface area contributed by atoms with Gasteiger partial charge in [0.25, 0.3) is 0 Å². The lowest BCUT2D eigenvalue weighted by atomic mass is 10.1. The maximum absolute atomic E-state index is 12.3. The number of hydrogen-bond donors (Lipinski definition) is 2. The van der Waals surface area contributed by atoms with E-state index in [1.54, 1.807) is 0 Å². The quantitative estimate of drug-likeness (QED) is 0.413. The topological polar surface area (TPSA) is 93.6 Å². The van der Waals surface area contributed by atoms with E-state index < -0.39 is 11.2 Å². The van der Waals surface area contributed by atoms with Crippen LogP contribution >= 0.6 is 0 Å². The van der Waals surface area contributed by atoms with Crippen molar-refractivity contribution in [2.75, 3.05) is 25.6 Å². The van der Waals surface area contributed by atoms with Gasteiger partial charge in [-0.05, 0) is 57.0 Å². The Hall–Kier alpha value is -0.950. The van der Waals surface area contributed by atoms with E-state index in [4.69, 9.17) is 20.9 Å². The number of unbranched alkanes of at least 4 members (excludes halogenated alkanes) is 5. The molecule has 1 aliphatic heterocycles. The zero-order chi connectivity index (χ0) is 19.9. The number of ether oxygens (including phenoxy) is 2. The van der Waals surface area contributed by atoms with Gasteiger partial charge in [-0.2, -0.15) is 0 Å². The molecule has 1 aromatic carbocycles. The Balaban J connectivity index is 0.000000646. The fraction of sp³-hybridized carbons (Fsp3) is 0.714. The van der Waals surface area contributed by atoms with E-state index in [2.05, 4.69) is 13.8 Å². The molecular formula is C21H38N2O3S. The Bertz CT molecular complexity index is 500. The van der Waals surface area contributed by atoms with Crippen LogP contribution in [0.3, 0.4) is 0 Å². The molecule has 0 fully saturated rings. The summed E-state index contributed by atoms with van der Waals surface area (Å²) >= 11 is -0.743. The molecule has 6 heteroatoms. The summed E-state index contributed by atoms with van der Waals surface area (Å²) in [7, 11) is 0. The largest absolute Gasteiger partial charge is 0.616 e. The Labute approximate surface area is 168 Å². The van der Waals surface area contributed by atoms with Crippen LogP contribution in [0.5, 0.6) is 11.5 Å². The molecule has 27 heavy (non-hydrogen) atoms. The van der Waals surface area contributed by atoms with Crippen molar-refractivity contribution in [1.82, 2.24) is 0 Å². The van der Waals surface area contributed by atoms with E-state index >= 15 is 0 Å². The summed E-state index contributed by atoms with van der Waals surface area (Å²) in [6.45, 7) is 6.05. The normalized spacial score (nSPS) is 14.4. The molecule has 2 atom stereocenters. The minimum absolute atomic E-state index is 0.191. The molecule has 1 heterocycles. The zero-order valence-corrected chi connectivity index (χ0v) is 17.9. The highest BCUT2D eigenvalue weighted by molar-refractivity contribution is 7.91. The molecule has 0 amide bonds. The van der Waals surface area contributed by atoms with E-state index in [-0.39, 0.29) is 5.25 Å². The first-order valence-electron chi connectivity index (χ1n) is 10.3. The summed E-state index contributed by atoms with van der Waals surface area (Å²) in [5.74, 6) is 2.45. The number of hydrogen-bond acceptors (Lipinski definition) is 5. The fourth-order valence-electron chi connectivity index (χ4n) is 2.84. The first kappa shape index (κ1) is 24.1. The van der Waals surface area contributed by atoms with Crippen LogP contribution in [0.1, 0.15) is 64.4 Å². The second-order valence-corrected chi connectivity index (χ2v) is 8.96. The predicted molar refractivity (Wildman–Crippen MR) is 115 cm³/mol. The minimum atomic E-state index is -0.743. The zero-order valence-electron chi connectivity index (χ0n) is 17.1. The number of nitrogens with two attached hydrogens (primary N) is 2. The van der Waals surface area contributed by atoms with Gasteiger partial charge in [0.15, 0.2) is 11.5 Å². The average molecular weight is 399 g/mol. The molecule has 2 unspecified atom stereocenters. The third kappa shape index (κ3) is 10.2. The van der Waals surface area contributed by atoms with Crippen molar-refractivity contribution in [3.63, 3.8) is 0 Å². The molecule has 0 radical (unpaired) electrons. The maximum Gasteiger partial charge on any atom is 0.231 e. The second-order valence-electron chi connectivity index (χ2n) is 6.99. The summed E-state index contributed by atoms with van der Waals surface area (Å²) in [4.78, 5) is 0. The second kappa shape index (κ2) is 15.0. The fourth-order valence-corrected chi connectivity index (χ4v) is 4.11. The Morgan fingerprint density at radius 3 is 2.33 bits per heavy atom. The molecule has 2 rings (SSSR count). The number of fused-ring (bicyclic) bond motifs is 1. The SMILES string of the molecule is CCCCCCCC[S+]([O-])C(C)Cc1ccc2c(c1)OCO2.NCCCN. The molecule has 1 aromatic rings.